The number of hydrazine groups is 1. The van der Waals surface area contributed by atoms with E-state index in [1.165, 1.54) is 18.0 Å². The minimum absolute atomic E-state index is 0.197. The van der Waals surface area contributed by atoms with Gasteiger partial charge in [0.05, 0.1) is 6.26 Å². The van der Waals surface area contributed by atoms with E-state index in [4.69, 9.17) is 9.15 Å². The number of ether oxygens (including phenoxy) is 1. The molecule has 7 nitrogen and oxygen atoms in total. The Morgan fingerprint density at radius 2 is 2.00 bits per heavy atom. The molecule has 0 radical (unpaired) electrons. The number of furan rings is 1. The van der Waals surface area contributed by atoms with Gasteiger partial charge in [-0.1, -0.05) is 30.0 Å². The van der Waals surface area contributed by atoms with Gasteiger partial charge in [-0.3, -0.25) is 15.6 Å². The van der Waals surface area contributed by atoms with Gasteiger partial charge >= 0.3 is 5.91 Å². The summed E-state index contributed by atoms with van der Waals surface area (Å²) in [5.41, 5.74) is 5.24. The van der Waals surface area contributed by atoms with Gasteiger partial charge in [-0.15, -0.1) is 0 Å². The van der Waals surface area contributed by atoms with E-state index in [1.807, 2.05) is 36.6 Å². The number of nitrogens with zero attached hydrogens (tertiary/aromatic N) is 2. The molecule has 1 aromatic carbocycles. The summed E-state index contributed by atoms with van der Waals surface area (Å²) in [5, 5.41) is 0.512. The summed E-state index contributed by atoms with van der Waals surface area (Å²) in [6.45, 7) is 0. The van der Waals surface area contributed by atoms with Gasteiger partial charge in [-0.05, 0) is 30.5 Å². The molecule has 3 aromatic rings. The van der Waals surface area contributed by atoms with Crippen molar-refractivity contribution in [2.75, 3.05) is 11.7 Å². The molecule has 2 N–H and O–H groups in total. The highest BCUT2D eigenvalue weighted by Gasteiger charge is 2.10. The van der Waals surface area contributed by atoms with Crippen LogP contribution in [0.2, 0.25) is 0 Å². The predicted octanol–water partition coefficient (Wildman–Crippen LogP) is 3.34. The van der Waals surface area contributed by atoms with Crippen LogP contribution < -0.4 is 15.6 Å². The van der Waals surface area contributed by atoms with Gasteiger partial charge in [0.1, 0.15) is 5.75 Å². The first-order valence-corrected chi connectivity index (χ1v) is 8.23. The molecule has 0 unspecified atom stereocenters. The van der Waals surface area contributed by atoms with Crippen LogP contribution in [-0.4, -0.2) is 22.1 Å². The Balaban J connectivity index is 1.73. The van der Waals surface area contributed by atoms with E-state index in [0.29, 0.717) is 22.6 Å². The van der Waals surface area contributed by atoms with Crippen LogP contribution in [0.3, 0.4) is 0 Å². The standard InChI is InChI=1S/C16H14N4O3S/c1-24-16-17-13(19-20-15(21)12-8-5-9-22-12)10-14(18-16)23-11-6-3-2-4-7-11/h2-10H,1H3,(H,20,21)(H,17,18,19). The number of carbonyl (C=O) groups excluding carboxylic acids is 1. The summed E-state index contributed by atoms with van der Waals surface area (Å²) >= 11 is 1.37. The van der Waals surface area contributed by atoms with E-state index in [1.54, 1.807) is 18.2 Å². The third kappa shape index (κ3) is 4.05. The fourth-order valence-corrected chi connectivity index (χ4v) is 2.18. The molecular weight excluding hydrogens is 328 g/mol. The van der Waals surface area contributed by atoms with Crippen LogP contribution >= 0.6 is 11.8 Å². The van der Waals surface area contributed by atoms with Crippen LogP contribution in [0.4, 0.5) is 5.82 Å². The Hall–Kier alpha value is -3.00. The minimum atomic E-state index is -0.408. The lowest BCUT2D eigenvalue weighted by atomic mass is 10.3. The number of hydrogen-bond donors (Lipinski definition) is 2. The molecular formula is C16H14N4O3S. The average molecular weight is 342 g/mol. The minimum Gasteiger partial charge on any atom is -0.459 e. The lowest BCUT2D eigenvalue weighted by Gasteiger charge is -2.10. The Kier molecular flexibility index (Phi) is 4.97. The normalized spacial score (nSPS) is 10.2. The zero-order valence-electron chi connectivity index (χ0n) is 12.7. The molecule has 8 heteroatoms. The maximum Gasteiger partial charge on any atom is 0.305 e. The van der Waals surface area contributed by atoms with Crippen LogP contribution in [0.15, 0.2) is 64.4 Å². The van der Waals surface area contributed by atoms with Crippen LogP contribution in [0, 0.1) is 0 Å². The first-order valence-electron chi connectivity index (χ1n) is 7.00. The average Bonchev–Trinajstić information content (AvgIpc) is 3.15. The maximum atomic E-state index is 11.9. The quantitative estimate of drug-likeness (QED) is 0.403. The number of amides is 1. The summed E-state index contributed by atoms with van der Waals surface area (Å²) in [6, 6.07) is 14.1. The first-order chi connectivity index (χ1) is 11.7. The molecule has 2 heterocycles. The SMILES string of the molecule is CSc1nc(NNC(=O)c2ccco2)cc(Oc2ccccc2)n1. The summed E-state index contributed by atoms with van der Waals surface area (Å²) in [5.74, 6) is 1.22. The molecule has 2 aromatic heterocycles. The van der Waals surface area contributed by atoms with Gasteiger partial charge in [-0.25, -0.2) is 4.98 Å². The molecule has 0 aliphatic heterocycles. The van der Waals surface area contributed by atoms with Crippen LogP contribution in [-0.2, 0) is 0 Å². The topological polar surface area (TPSA) is 89.3 Å². The van der Waals surface area contributed by atoms with Crippen molar-refractivity contribution in [1.29, 1.82) is 0 Å². The number of nitrogens with one attached hydrogen (secondary N) is 2. The summed E-state index contributed by atoms with van der Waals surface area (Å²) in [7, 11) is 0. The van der Waals surface area contributed by atoms with Crippen LogP contribution in [0.5, 0.6) is 11.6 Å². The van der Waals surface area contributed by atoms with E-state index in [0.717, 1.165) is 0 Å². The van der Waals surface area contributed by atoms with E-state index in [-0.39, 0.29) is 5.76 Å². The highest BCUT2D eigenvalue weighted by molar-refractivity contribution is 7.98. The second-order valence-electron chi connectivity index (χ2n) is 4.55. The third-order valence-corrected chi connectivity index (χ3v) is 3.43. The van der Waals surface area contributed by atoms with Crippen LogP contribution in [0.25, 0.3) is 0 Å². The maximum absolute atomic E-state index is 11.9. The Labute approximate surface area is 142 Å². The van der Waals surface area contributed by atoms with Gasteiger partial charge in [0.15, 0.2) is 16.7 Å². The molecule has 0 atom stereocenters. The van der Waals surface area contributed by atoms with E-state index in [2.05, 4.69) is 20.8 Å². The summed E-state index contributed by atoms with van der Waals surface area (Å²) < 4.78 is 10.7. The zero-order chi connectivity index (χ0) is 16.8. The zero-order valence-corrected chi connectivity index (χ0v) is 13.5. The van der Waals surface area contributed by atoms with Gasteiger partial charge < -0.3 is 9.15 Å². The van der Waals surface area contributed by atoms with Gasteiger partial charge in [-0.2, -0.15) is 4.98 Å². The number of benzene rings is 1. The third-order valence-electron chi connectivity index (χ3n) is 2.88. The number of thioether (sulfide) groups is 1. The Morgan fingerprint density at radius 1 is 1.17 bits per heavy atom. The number of aromatic nitrogens is 2. The lowest BCUT2D eigenvalue weighted by Crippen LogP contribution is -2.29. The van der Waals surface area contributed by atoms with Gasteiger partial charge in [0.2, 0.25) is 5.88 Å². The molecule has 0 aliphatic rings. The Bertz CT molecular complexity index is 809. The molecule has 24 heavy (non-hydrogen) atoms. The largest absolute Gasteiger partial charge is 0.459 e. The van der Waals surface area contributed by atoms with Gasteiger partial charge in [0.25, 0.3) is 0 Å². The molecule has 0 spiro atoms. The number of rotatable bonds is 6. The van der Waals surface area contributed by atoms with Crippen molar-refractivity contribution in [1.82, 2.24) is 15.4 Å². The van der Waals surface area contributed by atoms with Crippen LogP contribution in [0.1, 0.15) is 10.6 Å². The second kappa shape index (κ2) is 7.51. The number of para-hydroxylation sites is 1. The lowest BCUT2D eigenvalue weighted by molar-refractivity contribution is 0.0935. The summed E-state index contributed by atoms with van der Waals surface area (Å²) in [6.07, 6.45) is 3.28. The van der Waals surface area contributed by atoms with E-state index in [9.17, 15) is 4.79 Å². The van der Waals surface area contributed by atoms with Crippen molar-refractivity contribution in [3.05, 3.63) is 60.6 Å². The number of carbonyl (C=O) groups is 1. The highest BCUT2D eigenvalue weighted by Crippen LogP contribution is 2.23. The second-order valence-corrected chi connectivity index (χ2v) is 5.32. The molecule has 0 fully saturated rings. The van der Waals surface area contributed by atoms with Crippen molar-refractivity contribution in [2.45, 2.75) is 5.16 Å². The van der Waals surface area contributed by atoms with Crippen molar-refractivity contribution < 1.29 is 13.9 Å². The fraction of sp³-hybridized carbons (Fsp3) is 0.0625. The summed E-state index contributed by atoms with van der Waals surface area (Å²) in [4.78, 5) is 20.4. The molecule has 0 aliphatic carbocycles. The molecule has 0 saturated heterocycles. The number of anilines is 1. The number of hydrogen-bond acceptors (Lipinski definition) is 7. The molecule has 1 amide bonds. The van der Waals surface area contributed by atoms with Crippen molar-refractivity contribution in [3.63, 3.8) is 0 Å². The molecule has 122 valence electrons. The molecule has 3 rings (SSSR count). The van der Waals surface area contributed by atoms with Crippen molar-refractivity contribution >= 4 is 23.5 Å². The van der Waals surface area contributed by atoms with E-state index >= 15 is 0 Å². The highest BCUT2D eigenvalue weighted by atomic mass is 32.2. The monoisotopic (exact) mass is 342 g/mol. The fourth-order valence-electron chi connectivity index (χ4n) is 1.81. The molecule has 0 saturated carbocycles. The predicted molar refractivity (Wildman–Crippen MR) is 90.1 cm³/mol. The van der Waals surface area contributed by atoms with E-state index < -0.39 is 5.91 Å². The molecule has 0 bridgehead atoms. The van der Waals surface area contributed by atoms with Crippen molar-refractivity contribution in [3.8, 4) is 11.6 Å². The van der Waals surface area contributed by atoms with Crippen molar-refractivity contribution in [2.24, 2.45) is 0 Å². The van der Waals surface area contributed by atoms with Gasteiger partial charge in [0, 0.05) is 6.07 Å². The smallest absolute Gasteiger partial charge is 0.305 e. The first kappa shape index (κ1) is 15.9. The Morgan fingerprint density at radius 3 is 2.71 bits per heavy atom.